The van der Waals surface area contributed by atoms with E-state index in [-0.39, 0.29) is 11.6 Å². The molecule has 2 aromatic rings. The van der Waals surface area contributed by atoms with E-state index in [0.717, 1.165) is 5.76 Å². The van der Waals surface area contributed by atoms with Gasteiger partial charge in [-0.15, -0.1) is 0 Å². The van der Waals surface area contributed by atoms with E-state index < -0.39 is 11.5 Å². The smallest absolute Gasteiger partial charge is 0.329 e. The Balaban J connectivity index is 1.87. The molecule has 1 unspecified atom stereocenters. The maximum Gasteiger partial charge on any atom is 0.329 e. The van der Waals surface area contributed by atoms with Crippen LogP contribution in [0.5, 0.6) is 0 Å². The molecule has 0 radical (unpaired) electrons. The number of hydrogen-bond donors (Lipinski definition) is 2. The zero-order chi connectivity index (χ0) is 15.9. The Morgan fingerprint density at radius 2 is 2.23 bits per heavy atom. The van der Waals surface area contributed by atoms with Crippen molar-refractivity contribution in [3.05, 3.63) is 29.7 Å². The maximum absolute atomic E-state index is 12.6. The van der Waals surface area contributed by atoms with Crippen molar-refractivity contribution >= 4 is 11.9 Å². The molecule has 1 amide bonds. The van der Waals surface area contributed by atoms with Crippen molar-refractivity contribution in [1.82, 2.24) is 15.1 Å². The number of likely N-dealkylation sites (tertiary alicyclic amines) is 1. The highest BCUT2D eigenvalue weighted by molar-refractivity contribution is 5.97. The predicted octanol–water partition coefficient (Wildman–Crippen LogP) is 2.06. The van der Waals surface area contributed by atoms with E-state index in [4.69, 9.17) is 4.42 Å². The molecule has 0 saturated carbocycles. The standard InChI is InChI=1S/C15H17N3O4/c1-9-4-5-12(22-9)10-8-11(17-16-10)13(19)18-7-3-6-15(18,2)14(20)21/h4-5,8H,3,6-7H2,1-2H3,(H,16,17)(H,20,21). The number of nitrogens with zero attached hydrogens (tertiary/aromatic N) is 2. The summed E-state index contributed by atoms with van der Waals surface area (Å²) < 4.78 is 5.48. The second kappa shape index (κ2) is 5.01. The number of furan rings is 1. The molecule has 7 nitrogen and oxygen atoms in total. The van der Waals surface area contributed by atoms with Crippen molar-refractivity contribution < 1.29 is 19.1 Å². The Hall–Kier alpha value is -2.57. The number of carbonyl (C=O) groups is 2. The van der Waals surface area contributed by atoms with Gasteiger partial charge in [0, 0.05) is 12.6 Å². The molecule has 1 aliphatic heterocycles. The maximum atomic E-state index is 12.6. The van der Waals surface area contributed by atoms with Gasteiger partial charge in [-0.2, -0.15) is 5.10 Å². The number of amides is 1. The van der Waals surface area contributed by atoms with Crippen molar-refractivity contribution in [3.63, 3.8) is 0 Å². The monoisotopic (exact) mass is 303 g/mol. The first-order valence-corrected chi connectivity index (χ1v) is 7.09. The quantitative estimate of drug-likeness (QED) is 0.904. The van der Waals surface area contributed by atoms with Crippen LogP contribution in [-0.2, 0) is 4.79 Å². The number of aromatic nitrogens is 2. The average molecular weight is 303 g/mol. The number of hydrogen-bond acceptors (Lipinski definition) is 4. The van der Waals surface area contributed by atoms with E-state index in [1.165, 1.54) is 4.90 Å². The second-order valence-electron chi connectivity index (χ2n) is 5.72. The highest BCUT2D eigenvalue weighted by atomic mass is 16.4. The van der Waals surface area contributed by atoms with Crippen LogP contribution in [0.2, 0.25) is 0 Å². The van der Waals surface area contributed by atoms with Crippen molar-refractivity contribution in [1.29, 1.82) is 0 Å². The van der Waals surface area contributed by atoms with Crippen LogP contribution in [0.25, 0.3) is 11.5 Å². The average Bonchev–Trinajstić information content (AvgIpc) is 3.17. The number of nitrogens with one attached hydrogen (secondary N) is 1. The van der Waals surface area contributed by atoms with Gasteiger partial charge < -0.3 is 14.4 Å². The number of carboxylic acids is 1. The molecule has 0 aromatic carbocycles. The second-order valence-corrected chi connectivity index (χ2v) is 5.72. The number of rotatable bonds is 3. The summed E-state index contributed by atoms with van der Waals surface area (Å²) in [4.78, 5) is 25.4. The van der Waals surface area contributed by atoms with Crippen molar-refractivity contribution in [2.24, 2.45) is 0 Å². The minimum Gasteiger partial charge on any atom is -0.480 e. The molecule has 116 valence electrons. The number of carbonyl (C=O) groups excluding carboxylic acids is 1. The Labute approximate surface area is 126 Å². The molecule has 7 heteroatoms. The minimum atomic E-state index is -1.17. The normalized spacial score (nSPS) is 21.3. The first-order chi connectivity index (χ1) is 10.4. The third kappa shape index (κ3) is 2.18. The molecular formula is C15H17N3O4. The number of carboxylic acid groups (broad SMARTS) is 1. The van der Waals surface area contributed by atoms with Gasteiger partial charge in [0.25, 0.3) is 5.91 Å². The summed E-state index contributed by atoms with van der Waals surface area (Å²) in [6.07, 6.45) is 1.12. The Morgan fingerprint density at radius 3 is 2.86 bits per heavy atom. The summed E-state index contributed by atoms with van der Waals surface area (Å²) in [7, 11) is 0. The molecule has 2 N–H and O–H groups in total. The Morgan fingerprint density at radius 1 is 1.45 bits per heavy atom. The highest BCUT2D eigenvalue weighted by Gasteiger charge is 2.46. The van der Waals surface area contributed by atoms with E-state index in [2.05, 4.69) is 10.2 Å². The van der Waals surface area contributed by atoms with Crippen LogP contribution in [0.15, 0.2) is 22.6 Å². The van der Waals surface area contributed by atoms with Crippen molar-refractivity contribution in [2.45, 2.75) is 32.2 Å². The van der Waals surface area contributed by atoms with Crippen molar-refractivity contribution in [3.8, 4) is 11.5 Å². The molecule has 3 heterocycles. The molecule has 1 aliphatic rings. The van der Waals surface area contributed by atoms with E-state index in [0.29, 0.717) is 30.8 Å². The molecular weight excluding hydrogens is 286 g/mol. The van der Waals surface area contributed by atoms with Gasteiger partial charge in [0.1, 0.15) is 17.0 Å². The van der Waals surface area contributed by atoms with Gasteiger partial charge in [0.2, 0.25) is 0 Å². The molecule has 0 aliphatic carbocycles. The van der Waals surface area contributed by atoms with Gasteiger partial charge in [-0.05, 0) is 38.8 Å². The molecule has 22 heavy (non-hydrogen) atoms. The fourth-order valence-corrected chi connectivity index (χ4v) is 2.79. The summed E-state index contributed by atoms with van der Waals surface area (Å²) in [6.45, 7) is 3.82. The lowest BCUT2D eigenvalue weighted by Gasteiger charge is -2.30. The topological polar surface area (TPSA) is 99.4 Å². The predicted molar refractivity (Wildman–Crippen MR) is 77.3 cm³/mol. The third-order valence-corrected chi connectivity index (χ3v) is 4.15. The fraction of sp³-hybridized carbons (Fsp3) is 0.400. The largest absolute Gasteiger partial charge is 0.480 e. The van der Waals surface area contributed by atoms with Gasteiger partial charge in [-0.25, -0.2) is 4.79 Å². The molecule has 1 fully saturated rings. The fourth-order valence-electron chi connectivity index (χ4n) is 2.79. The zero-order valence-electron chi connectivity index (χ0n) is 12.4. The van der Waals surface area contributed by atoms with E-state index in [9.17, 15) is 14.7 Å². The molecule has 1 saturated heterocycles. The Kier molecular flexibility index (Phi) is 3.27. The van der Waals surface area contributed by atoms with E-state index >= 15 is 0 Å². The third-order valence-electron chi connectivity index (χ3n) is 4.15. The van der Waals surface area contributed by atoms with Crippen LogP contribution in [-0.4, -0.2) is 44.2 Å². The summed E-state index contributed by atoms with van der Waals surface area (Å²) in [5.41, 5.74) is -0.386. The summed E-state index contributed by atoms with van der Waals surface area (Å²) in [6, 6.07) is 5.19. The van der Waals surface area contributed by atoms with E-state index in [1.54, 1.807) is 19.1 Å². The molecule has 0 spiro atoms. The molecule has 1 atom stereocenters. The van der Waals surface area contributed by atoms with Crippen LogP contribution >= 0.6 is 0 Å². The van der Waals surface area contributed by atoms with Crippen LogP contribution in [0.1, 0.15) is 36.0 Å². The van der Waals surface area contributed by atoms with Gasteiger partial charge in [-0.1, -0.05) is 0 Å². The number of aryl methyl sites for hydroxylation is 1. The van der Waals surface area contributed by atoms with Gasteiger partial charge >= 0.3 is 5.97 Å². The Bertz CT molecular complexity index is 733. The number of aliphatic carboxylic acids is 1. The molecule has 3 rings (SSSR count). The lowest BCUT2D eigenvalue weighted by Crippen LogP contribution is -2.50. The zero-order valence-corrected chi connectivity index (χ0v) is 12.4. The van der Waals surface area contributed by atoms with Gasteiger partial charge in [0.05, 0.1) is 0 Å². The highest BCUT2D eigenvalue weighted by Crippen LogP contribution is 2.31. The SMILES string of the molecule is Cc1ccc(-c2cc(C(=O)N3CCCC3(C)C(=O)O)n[nH]2)o1. The van der Waals surface area contributed by atoms with Gasteiger partial charge in [-0.3, -0.25) is 9.89 Å². The first kappa shape index (κ1) is 14.4. The number of H-pyrrole nitrogens is 1. The lowest BCUT2D eigenvalue weighted by atomic mass is 9.99. The van der Waals surface area contributed by atoms with Crippen molar-refractivity contribution in [2.75, 3.05) is 6.54 Å². The summed E-state index contributed by atoms with van der Waals surface area (Å²) in [5.74, 6) is -0.0223. The van der Waals surface area contributed by atoms with Crippen LogP contribution in [0.4, 0.5) is 0 Å². The summed E-state index contributed by atoms with van der Waals surface area (Å²) in [5, 5.41) is 16.1. The molecule has 0 bridgehead atoms. The van der Waals surface area contributed by atoms with E-state index in [1.807, 2.05) is 13.0 Å². The van der Waals surface area contributed by atoms with Crippen LogP contribution < -0.4 is 0 Å². The van der Waals surface area contributed by atoms with Gasteiger partial charge in [0.15, 0.2) is 11.5 Å². The number of aromatic amines is 1. The summed E-state index contributed by atoms with van der Waals surface area (Å²) >= 11 is 0. The van der Waals surface area contributed by atoms with Crippen LogP contribution in [0.3, 0.4) is 0 Å². The lowest BCUT2D eigenvalue weighted by molar-refractivity contribution is -0.147. The first-order valence-electron chi connectivity index (χ1n) is 7.09. The van der Waals surface area contributed by atoms with Crippen LogP contribution in [0, 0.1) is 6.92 Å². The minimum absolute atomic E-state index is 0.193. The molecule has 2 aromatic heterocycles.